The molecular weight excluding hydrogens is 266 g/mol. The highest BCUT2D eigenvalue weighted by atomic mass is 16.4. The molecule has 0 atom stereocenters. The van der Waals surface area contributed by atoms with Crippen molar-refractivity contribution in [2.75, 3.05) is 0 Å². The van der Waals surface area contributed by atoms with Crippen molar-refractivity contribution in [2.24, 2.45) is 0 Å². The summed E-state index contributed by atoms with van der Waals surface area (Å²) in [6.45, 7) is 5.67. The first kappa shape index (κ1) is 15.3. The maximum Gasteiger partial charge on any atom is 0.335 e. The van der Waals surface area contributed by atoms with E-state index >= 15 is 0 Å². The van der Waals surface area contributed by atoms with Crippen LogP contribution < -0.4 is 5.32 Å². The van der Waals surface area contributed by atoms with Crippen molar-refractivity contribution >= 4 is 11.9 Å². The van der Waals surface area contributed by atoms with E-state index in [1.54, 1.807) is 12.1 Å². The largest absolute Gasteiger partial charge is 0.478 e. The first-order valence-electron chi connectivity index (χ1n) is 7.23. The van der Waals surface area contributed by atoms with Gasteiger partial charge in [-0.25, -0.2) is 4.79 Å². The van der Waals surface area contributed by atoms with Crippen LogP contribution in [-0.2, 0) is 11.2 Å². The van der Waals surface area contributed by atoms with Gasteiger partial charge in [-0.05, 0) is 43.0 Å². The van der Waals surface area contributed by atoms with E-state index in [1.165, 1.54) is 6.07 Å². The Morgan fingerprint density at radius 1 is 1.38 bits per heavy atom. The van der Waals surface area contributed by atoms with E-state index < -0.39 is 5.97 Å². The summed E-state index contributed by atoms with van der Waals surface area (Å²) in [7, 11) is 0. The van der Waals surface area contributed by atoms with Gasteiger partial charge in [-0.15, -0.1) is 6.58 Å². The number of nitrogens with one attached hydrogen (secondary N) is 1. The lowest BCUT2D eigenvalue weighted by molar-refractivity contribution is -0.121. The van der Waals surface area contributed by atoms with Crippen molar-refractivity contribution in [1.29, 1.82) is 0 Å². The van der Waals surface area contributed by atoms with E-state index in [0.717, 1.165) is 36.8 Å². The number of hydrogen-bond acceptors (Lipinski definition) is 2. The summed E-state index contributed by atoms with van der Waals surface area (Å²) in [5.74, 6) is -0.992. The Balaban J connectivity index is 2.06. The number of rotatable bonds is 5. The van der Waals surface area contributed by atoms with Gasteiger partial charge >= 0.3 is 5.97 Å². The zero-order chi connectivity index (χ0) is 15.5. The average molecular weight is 287 g/mol. The molecule has 0 saturated heterocycles. The minimum absolute atomic E-state index is 0.0389. The predicted molar refractivity (Wildman–Crippen MR) is 81.4 cm³/mol. The molecule has 1 aromatic rings. The van der Waals surface area contributed by atoms with Gasteiger partial charge in [0.05, 0.1) is 17.5 Å². The lowest BCUT2D eigenvalue weighted by Crippen LogP contribution is -2.45. The predicted octanol–water partition coefficient (Wildman–Crippen LogP) is 2.85. The molecule has 1 aromatic carbocycles. The topological polar surface area (TPSA) is 66.4 Å². The number of amides is 1. The van der Waals surface area contributed by atoms with E-state index in [-0.39, 0.29) is 23.4 Å². The number of aryl methyl sites for hydroxylation is 1. The maximum atomic E-state index is 12.2. The van der Waals surface area contributed by atoms with Gasteiger partial charge in [0.25, 0.3) is 0 Å². The van der Waals surface area contributed by atoms with Gasteiger partial charge in [0.15, 0.2) is 0 Å². The SMILES string of the molecule is C=CC1(NC(=O)Cc2ccc(C(=O)O)cc2C)CCCC1. The van der Waals surface area contributed by atoms with E-state index in [2.05, 4.69) is 11.9 Å². The first-order chi connectivity index (χ1) is 9.96. The van der Waals surface area contributed by atoms with E-state index in [1.807, 2.05) is 13.0 Å². The third-order valence-corrected chi connectivity index (χ3v) is 4.22. The van der Waals surface area contributed by atoms with Crippen molar-refractivity contribution in [3.05, 3.63) is 47.5 Å². The zero-order valence-electron chi connectivity index (χ0n) is 12.3. The van der Waals surface area contributed by atoms with Crippen LogP contribution in [0.4, 0.5) is 0 Å². The average Bonchev–Trinajstić information content (AvgIpc) is 2.90. The molecule has 2 N–H and O–H groups in total. The summed E-state index contributed by atoms with van der Waals surface area (Å²) >= 11 is 0. The Kier molecular flexibility index (Phi) is 4.46. The number of carboxylic acid groups (broad SMARTS) is 1. The van der Waals surface area contributed by atoms with Gasteiger partial charge in [0.2, 0.25) is 5.91 Å². The summed E-state index contributed by atoms with van der Waals surface area (Å²) < 4.78 is 0. The highest BCUT2D eigenvalue weighted by Crippen LogP contribution is 2.30. The molecule has 0 aliphatic heterocycles. The molecule has 1 amide bonds. The molecule has 4 heteroatoms. The van der Waals surface area contributed by atoms with Crippen LogP contribution in [0.2, 0.25) is 0 Å². The molecule has 0 bridgehead atoms. The van der Waals surface area contributed by atoms with E-state index in [9.17, 15) is 9.59 Å². The van der Waals surface area contributed by atoms with Crippen LogP contribution in [0, 0.1) is 6.92 Å². The number of carbonyl (C=O) groups excluding carboxylic acids is 1. The molecule has 1 aliphatic rings. The molecule has 0 unspecified atom stereocenters. The molecule has 0 aromatic heterocycles. The van der Waals surface area contributed by atoms with Crippen molar-refractivity contribution in [3.8, 4) is 0 Å². The number of carboxylic acids is 1. The highest BCUT2D eigenvalue weighted by Gasteiger charge is 2.32. The molecular formula is C17H21NO3. The molecule has 21 heavy (non-hydrogen) atoms. The Labute approximate surface area is 124 Å². The second kappa shape index (κ2) is 6.12. The Bertz CT molecular complexity index is 571. The molecule has 0 heterocycles. The monoisotopic (exact) mass is 287 g/mol. The quantitative estimate of drug-likeness (QED) is 0.818. The van der Waals surface area contributed by atoms with Crippen LogP contribution in [0.25, 0.3) is 0 Å². The number of hydrogen-bond donors (Lipinski definition) is 2. The van der Waals surface area contributed by atoms with E-state index in [0.29, 0.717) is 0 Å². The third-order valence-electron chi connectivity index (χ3n) is 4.22. The smallest absolute Gasteiger partial charge is 0.335 e. The van der Waals surface area contributed by atoms with Gasteiger partial charge in [0, 0.05) is 0 Å². The van der Waals surface area contributed by atoms with Crippen LogP contribution in [0.15, 0.2) is 30.9 Å². The number of carbonyl (C=O) groups is 2. The third kappa shape index (κ3) is 3.51. The fourth-order valence-electron chi connectivity index (χ4n) is 2.91. The van der Waals surface area contributed by atoms with E-state index in [4.69, 9.17) is 5.11 Å². The summed E-state index contributed by atoms with van der Waals surface area (Å²) in [5, 5.41) is 12.0. The van der Waals surface area contributed by atoms with Gasteiger partial charge < -0.3 is 10.4 Å². The lowest BCUT2D eigenvalue weighted by atomic mass is 9.96. The van der Waals surface area contributed by atoms with Crippen LogP contribution >= 0.6 is 0 Å². The molecule has 2 rings (SSSR count). The van der Waals surface area contributed by atoms with Crippen molar-refractivity contribution < 1.29 is 14.7 Å². The van der Waals surface area contributed by atoms with Crippen LogP contribution in [0.1, 0.15) is 47.2 Å². The van der Waals surface area contributed by atoms with Gasteiger partial charge in [-0.3, -0.25) is 4.79 Å². The minimum Gasteiger partial charge on any atom is -0.478 e. The first-order valence-corrected chi connectivity index (χ1v) is 7.23. The standard InChI is InChI=1S/C17H21NO3/c1-3-17(8-4-5-9-17)18-15(19)11-13-6-7-14(16(20)21)10-12(13)2/h3,6-7,10H,1,4-5,8-9,11H2,2H3,(H,18,19)(H,20,21). The fourth-order valence-corrected chi connectivity index (χ4v) is 2.91. The summed E-state index contributed by atoms with van der Waals surface area (Å²) in [6, 6.07) is 4.86. The molecule has 0 radical (unpaired) electrons. The molecule has 0 spiro atoms. The number of benzene rings is 1. The van der Waals surface area contributed by atoms with Crippen molar-refractivity contribution in [1.82, 2.24) is 5.32 Å². The van der Waals surface area contributed by atoms with Gasteiger partial charge in [-0.1, -0.05) is 25.0 Å². The summed E-state index contributed by atoms with van der Waals surface area (Å²) in [5.41, 5.74) is 1.67. The molecule has 1 aliphatic carbocycles. The molecule has 1 saturated carbocycles. The van der Waals surface area contributed by atoms with Crippen LogP contribution in [-0.4, -0.2) is 22.5 Å². The number of aromatic carboxylic acids is 1. The molecule has 4 nitrogen and oxygen atoms in total. The minimum atomic E-state index is -0.953. The maximum absolute atomic E-state index is 12.2. The molecule has 112 valence electrons. The second-order valence-corrected chi connectivity index (χ2v) is 5.74. The van der Waals surface area contributed by atoms with Crippen LogP contribution in [0.5, 0.6) is 0 Å². The van der Waals surface area contributed by atoms with Gasteiger partial charge in [-0.2, -0.15) is 0 Å². The summed E-state index contributed by atoms with van der Waals surface area (Å²) in [4.78, 5) is 23.1. The normalized spacial score (nSPS) is 16.4. The Morgan fingerprint density at radius 2 is 2.05 bits per heavy atom. The lowest BCUT2D eigenvalue weighted by Gasteiger charge is -2.26. The second-order valence-electron chi connectivity index (χ2n) is 5.74. The zero-order valence-corrected chi connectivity index (χ0v) is 12.3. The van der Waals surface area contributed by atoms with Crippen molar-refractivity contribution in [2.45, 2.75) is 44.6 Å². The fraction of sp³-hybridized carbons (Fsp3) is 0.412. The Morgan fingerprint density at radius 3 is 2.57 bits per heavy atom. The van der Waals surface area contributed by atoms with Crippen molar-refractivity contribution in [3.63, 3.8) is 0 Å². The van der Waals surface area contributed by atoms with Crippen LogP contribution in [0.3, 0.4) is 0 Å². The van der Waals surface area contributed by atoms with Gasteiger partial charge in [0.1, 0.15) is 0 Å². The summed E-state index contributed by atoms with van der Waals surface area (Å²) in [6.07, 6.45) is 6.22. The Hall–Kier alpha value is -2.10. The molecule has 1 fully saturated rings. The highest BCUT2D eigenvalue weighted by molar-refractivity contribution is 5.88.